The van der Waals surface area contributed by atoms with Crippen molar-refractivity contribution in [1.29, 1.82) is 0 Å². The van der Waals surface area contributed by atoms with Gasteiger partial charge in [0.05, 0.1) is 17.6 Å². The Balaban J connectivity index is 1.54. The van der Waals surface area contributed by atoms with Crippen LogP contribution in [0.4, 0.5) is 0 Å². The summed E-state index contributed by atoms with van der Waals surface area (Å²) in [5.74, 6) is 0.0230. The van der Waals surface area contributed by atoms with Gasteiger partial charge in [0.15, 0.2) is 0 Å². The number of hydrogen-bond acceptors (Lipinski definition) is 3. The summed E-state index contributed by atoms with van der Waals surface area (Å²) in [7, 11) is 1.92. The summed E-state index contributed by atoms with van der Waals surface area (Å²) in [5, 5.41) is 6.11. The van der Waals surface area contributed by atoms with Crippen molar-refractivity contribution in [2.75, 3.05) is 6.54 Å². The van der Waals surface area contributed by atoms with Crippen LogP contribution in [0.5, 0.6) is 0 Å². The maximum absolute atomic E-state index is 12.7. The number of carbonyl (C=O) groups is 2. The highest BCUT2D eigenvalue weighted by molar-refractivity contribution is 6.31. The summed E-state index contributed by atoms with van der Waals surface area (Å²) in [6, 6.07) is 23.6. The van der Waals surface area contributed by atoms with Crippen molar-refractivity contribution >= 4 is 34.4 Å². The van der Waals surface area contributed by atoms with E-state index in [0.717, 1.165) is 16.6 Å². The maximum atomic E-state index is 12.7. The first kappa shape index (κ1) is 20.6. The molecular weight excluding hydrogens is 412 g/mol. The fraction of sp³-hybridized carbons (Fsp3) is 0.125. The van der Waals surface area contributed by atoms with E-state index in [4.69, 9.17) is 16.6 Å². The monoisotopic (exact) mass is 432 g/mol. The predicted octanol–water partition coefficient (Wildman–Crippen LogP) is 3.86. The molecule has 0 saturated heterocycles. The molecule has 2 N–H and O–H groups in total. The lowest BCUT2D eigenvalue weighted by Crippen LogP contribution is -2.39. The number of amides is 2. The third kappa shape index (κ3) is 4.59. The first-order chi connectivity index (χ1) is 15.0. The van der Waals surface area contributed by atoms with Crippen LogP contribution in [0.2, 0.25) is 5.02 Å². The number of para-hydroxylation sites is 2. The average Bonchev–Trinajstić information content (AvgIpc) is 3.13. The van der Waals surface area contributed by atoms with Gasteiger partial charge in [-0.15, -0.1) is 0 Å². The van der Waals surface area contributed by atoms with E-state index in [9.17, 15) is 9.59 Å². The molecule has 1 heterocycles. The second-order valence-corrected chi connectivity index (χ2v) is 7.56. The van der Waals surface area contributed by atoms with Crippen molar-refractivity contribution in [2.24, 2.45) is 7.05 Å². The highest BCUT2D eigenvalue weighted by Gasteiger charge is 2.22. The molecule has 4 rings (SSSR count). The molecule has 0 fully saturated rings. The molecule has 2 amide bonds. The first-order valence-electron chi connectivity index (χ1n) is 9.82. The van der Waals surface area contributed by atoms with Gasteiger partial charge in [-0.3, -0.25) is 9.59 Å². The van der Waals surface area contributed by atoms with E-state index in [0.29, 0.717) is 16.4 Å². The molecule has 0 aliphatic rings. The number of rotatable bonds is 6. The van der Waals surface area contributed by atoms with E-state index in [-0.39, 0.29) is 18.4 Å². The van der Waals surface area contributed by atoms with E-state index in [1.165, 1.54) is 0 Å². The molecule has 3 aromatic carbocycles. The Morgan fingerprint density at radius 1 is 1.00 bits per heavy atom. The number of aromatic nitrogens is 2. The number of aryl methyl sites for hydroxylation is 1. The van der Waals surface area contributed by atoms with Gasteiger partial charge in [0, 0.05) is 17.6 Å². The molecule has 7 heteroatoms. The molecule has 31 heavy (non-hydrogen) atoms. The van der Waals surface area contributed by atoms with E-state index in [1.54, 1.807) is 24.3 Å². The minimum atomic E-state index is -0.464. The number of nitrogens with one attached hydrogen (secondary N) is 2. The minimum Gasteiger partial charge on any atom is -0.343 e. The SMILES string of the molecule is Cn1c(C(NC(=O)CNC(=O)c2cccc(Cl)c2)c2ccccc2)nc2ccccc21. The van der Waals surface area contributed by atoms with Gasteiger partial charge in [-0.05, 0) is 35.9 Å². The molecule has 1 unspecified atom stereocenters. The van der Waals surface area contributed by atoms with Crippen LogP contribution in [-0.4, -0.2) is 27.9 Å². The second kappa shape index (κ2) is 9.02. The van der Waals surface area contributed by atoms with Crippen LogP contribution in [0, 0.1) is 0 Å². The van der Waals surface area contributed by atoms with Crippen LogP contribution in [-0.2, 0) is 11.8 Å². The standard InChI is InChI=1S/C24H21ClN4O2/c1-29-20-13-6-5-12-19(20)27-23(29)22(16-8-3-2-4-9-16)28-21(30)15-26-24(31)17-10-7-11-18(25)14-17/h2-14,22H,15H2,1H3,(H,26,31)(H,28,30). The highest BCUT2D eigenvalue weighted by Crippen LogP contribution is 2.24. The van der Waals surface area contributed by atoms with Gasteiger partial charge in [-0.25, -0.2) is 4.98 Å². The molecule has 1 atom stereocenters. The summed E-state index contributed by atoms with van der Waals surface area (Å²) in [6.45, 7) is -0.168. The Kier molecular flexibility index (Phi) is 6.00. The minimum absolute atomic E-state index is 0.168. The van der Waals surface area contributed by atoms with Gasteiger partial charge in [0.1, 0.15) is 11.9 Å². The molecule has 0 aliphatic heterocycles. The highest BCUT2D eigenvalue weighted by atomic mass is 35.5. The van der Waals surface area contributed by atoms with Gasteiger partial charge < -0.3 is 15.2 Å². The maximum Gasteiger partial charge on any atom is 0.251 e. The second-order valence-electron chi connectivity index (χ2n) is 7.12. The lowest BCUT2D eigenvalue weighted by atomic mass is 10.1. The lowest BCUT2D eigenvalue weighted by molar-refractivity contribution is -0.120. The zero-order valence-electron chi connectivity index (χ0n) is 16.9. The number of benzene rings is 3. The summed E-state index contributed by atoms with van der Waals surface area (Å²) in [4.78, 5) is 29.8. The lowest BCUT2D eigenvalue weighted by Gasteiger charge is -2.19. The molecule has 1 aromatic heterocycles. The topological polar surface area (TPSA) is 76.0 Å². The van der Waals surface area contributed by atoms with Crippen molar-refractivity contribution in [3.63, 3.8) is 0 Å². The summed E-state index contributed by atoms with van der Waals surface area (Å²) >= 11 is 5.94. The Morgan fingerprint density at radius 3 is 2.48 bits per heavy atom. The van der Waals surface area contributed by atoms with E-state index < -0.39 is 6.04 Å². The van der Waals surface area contributed by atoms with E-state index >= 15 is 0 Å². The molecule has 0 aliphatic carbocycles. The predicted molar refractivity (Wildman–Crippen MR) is 121 cm³/mol. The van der Waals surface area contributed by atoms with Gasteiger partial charge >= 0.3 is 0 Å². The number of nitrogens with zero attached hydrogens (tertiary/aromatic N) is 2. The molecular formula is C24H21ClN4O2. The zero-order valence-corrected chi connectivity index (χ0v) is 17.6. The molecule has 0 bridgehead atoms. The average molecular weight is 433 g/mol. The van der Waals surface area contributed by atoms with Gasteiger partial charge in [-0.1, -0.05) is 60.1 Å². The fourth-order valence-electron chi connectivity index (χ4n) is 3.47. The normalized spacial score (nSPS) is 11.8. The molecule has 0 radical (unpaired) electrons. The Labute approximate surface area is 184 Å². The van der Waals surface area contributed by atoms with E-state index in [1.807, 2.05) is 66.2 Å². The van der Waals surface area contributed by atoms with Crippen LogP contribution in [0.15, 0.2) is 78.9 Å². The smallest absolute Gasteiger partial charge is 0.251 e. The van der Waals surface area contributed by atoms with Crippen LogP contribution < -0.4 is 10.6 Å². The van der Waals surface area contributed by atoms with Crippen molar-refractivity contribution in [3.05, 3.63) is 101 Å². The van der Waals surface area contributed by atoms with Gasteiger partial charge in [-0.2, -0.15) is 0 Å². The van der Waals surface area contributed by atoms with Crippen molar-refractivity contribution < 1.29 is 9.59 Å². The molecule has 0 spiro atoms. The number of hydrogen-bond donors (Lipinski definition) is 2. The van der Waals surface area contributed by atoms with Crippen LogP contribution >= 0.6 is 11.6 Å². The molecule has 0 saturated carbocycles. The quantitative estimate of drug-likeness (QED) is 0.485. The number of carbonyl (C=O) groups excluding carboxylic acids is 2. The first-order valence-corrected chi connectivity index (χ1v) is 10.2. The Morgan fingerprint density at radius 2 is 1.74 bits per heavy atom. The van der Waals surface area contributed by atoms with Crippen molar-refractivity contribution in [2.45, 2.75) is 6.04 Å². The van der Waals surface area contributed by atoms with Gasteiger partial charge in [0.2, 0.25) is 5.91 Å². The van der Waals surface area contributed by atoms with E-state index in [2.05, 4.69) is 10.6 Å². The van der Waals surface area contributed by atoms with Crippen molar-refractivity contribution in [1.82, 2.24) is 20.2 Å². The number of imidazole rings is 1. The third-order valence-electron chi connectivity index (χ3n) is 5.01. The van der Waals surface area contributed by atoms with Crippen molar-refractivity contribution in [3.8, 4) is 0 Å². The van der Waals surface area contributed by atoms with Crippen LogP contribution in [0.3, 0.4) is 0 Å². The fourth-order valence-corrected chi connectivity index (χ4v) is 3.66. The van der Waals surface area contributed by atoms with Crippen LogP contribution in [0.1, 0.15) is 27.8 Å². The Hall–Kier alpha value is -3.64. The molecule has 4 aromatic rings. The number of halogens is 1. The summed E-state index contributed by atoms with van der Waals surface area (Å²) in [5.41, 5.74) is 3.12. The zero-order chi connectivity index (χ0) is 21.8. The molecule has 156 valence electrons. The van der Waals surface area contributed by atoms with Crippen LogP contribution in [0.25, 0.3) is 11.0 Å². The number of fused-ring (bicyclic) bond motifs is 1. The summed E-state index contributed by atoms with van der Waals surface area (Å²) < 4.78 is 1.97. The molecule has 6 nitrogen and oxygen atoms in total. The van der Waals surface area contributed by atoms with Gasteiger partial charge in [0.25, 0.3) is 5.91 Å². The largest absolute Gasteiger partial charge is 0.343 e. The Bertz CT molecular complexity index is 1240. The summed E-state index contributed by atoms with van der Waals surface area (Å²) in [6.07, 6.45) is 0. The third-order valence-corrected chi connectivity index (χ3v) is 5.25.